The van der Waals surface area contributed by atoms with Crippen molar-refractivity contribution in [2.24, 2.45) is 0 Å². The molecule has 0 aliphatic heterocycles. The second-order valence-corrected chi connectivity index (χ2v) is 6.23. The van der Waals surface area contributed by atoms with Gasteiger partial charge in [-0.15, -0.1) is 0 Å². The van der Waals surface area contributed by atoms with Gasteiger partial charge in [-0.25, -0.2) is 4.98 Å². The van der Waals surface area contributed by atoms with Gasteiger partial charge in [0.05, 0.1) is 6.20 Å². The maximum absolute atomic E-state index is 5.42. The van der Waals surface area contributed by atoms with Crippen molar-refractivity contribution in [1.29, 1.82) is 0 Å². The van der Waals surface area contributed by atoms with Crippen LogP contribution in [0.25, 0.3) is 22.6 Å². The third-order valence-electron chi connectivity index (χ3n) is 4.43. The van der Waals surface area contributed by atoms with Gasteiger partial charge in [0.1, 0.15) is 6.26 Å². The molecule has 0 amide bonds. The van der Waals surface area contributed by atoms with Gasteiger partial charge in [0.25, 0.3) is 0 Å². The molecule has 2 nitrogen and oxygen atoms in total. The molecule has 0 unspecified atom stereocenters. The summed E-state index contributed by atoms with van der Waals surface area (Å²) < 4.78 is 5.42. The number of rotatable bonds is 4. The van der Waals surface area contributed by atoms with Crippen LogP contribution in [0.2, 0.25) is 0 Å². The second kappa shape index (κ2) is 6.78. The lowest BCUT2D eigenvalue weighted by Gasteiger charge is -2.09. The van der Waals surface area contributed by atoms with Crippen LogP contribution in [-0.4, -0.2) is 4.98 Å². The minimum Gasteiger partial charge on any atom is -0.445 e. The molecule has 0 atom stereocenters. The second-order valence-electron chi connectivity index (χ2n) is 6.23. The van der Waals surface area contributed by atoms with E-state index < -0.39 is 0 Å². The molecule has 0 aliphatic rings. The summed E-state index contributed by atoms with van der Waals surface area (Å²) >= 11 is 0. The van der Waals surface area contributed by atoms with Crippen LogP contribution in [0.5, 0.6) is 0 Å². The molecule has 0 saturated heterocycles. The maximum Gasteiger partial charge on any atom is 0.225 e. The first-order valence-corrected chi connectivity index (χ1v) is 8.43. The minimum absolute atomic E-state index is 0.655. The van der Waals surface area contributed by atoms with E-state index in [0.717, 1.165) is 12.0 Å². The van der Waals surface area contributed by atoms with E-state index in [0.29, 0.717) is 5.89 Å². The van der Waals surface area contributed by atoms with Crippen LogP contribution in [-0.2, 0) is 6.42 Å². The molecular formula is C23H19NO. The molecule has 0 bridgehead atoms. The topological polar surface area (TPSA) is 26.0 Å². The Morgan fingerprint density at radius 3 is 2.24 bits per heavy atom. The number of aryl methyl sites for hydroxylation is 1. The molecule has 0 fully saturated rings. The van der Waals surface area contributed by atoms with Crippen LogP contribution in [0.3, 0.4) is 0 Å². The Morgan fingerprint density at radius 2 is 1.52 bits per heavy atom. The quantitative estimate of drug-likeness (QED) is 0.466. The van der Waals surface area contributed by atoms with Crippen molar-refractivity contribution >= 4 is 0 Å². The van der Waals surface area contributed by atoms with E-state index in [2.05, 4.69) is 84.7 Å². The van der Waals surface area contributed by atoms with Crippen molar-refractivity contribution in [1.82, 2.24) is 4.98 Å². The van der Waals surface area contributed by atoms with Crippen LogP contribution in [0.1, 0.15) is 16.7 Å². The lowest BCUT2D eigenvalue weighted by Crippen LogP contribution is -1.89. The average molecular weight is 325 g/mol. The van der Waals surface area contributed by atoms with E-state index in [1.807, 2.05) is 0 Å². The van der Waals surface area contributed by atoms with Gasteiger partial charge in [-0.1, -0.05) is 60.7 Å². The van der Waals surface area contributed by atoms with Gasteiger partial charge in [-0.2, -0.15) is 0 Å². The molecule has 3 aromatic carbocycles. The molecule has 25 heavy (non-hydrogen) atoms. The summed E-state index contributed by atoms with van der Waals surface area (Å²) in [6.45, 7) is 2.13. The highest BCUT2D eigenvalue weighted by Gasteiger charge is 2.08. The highest BCUT2D eigenvalue weighted by molar-refractivity contribution is 5.73. The molecule has 4 aromatic rings. The predicted octanol–water partition coefficient (Wildman–Crippen LogP) is 5.91. The van der Waals surface area contributed by atoms with E-state index in [-0.39, 0.29) is 0 Å². The van der Waals surface area contributed by atoms with Crippen LogP contribution in [0.15, 0.2) is 89.7 Å². The summed E-state index contributed by atoms with van der Waals surface area (Å²) in [5.41, 5.74) is 7.31. The normalized spacial score (nSPS) is 10.8. The van der Waals surface area contributed by atoms with Gasteiger partial charge in [0.2, 0.25) is 5.89 Å². The summed E-state index contributed by atoms with van der Waals surface area (Å²) in [4.78, 5) is 4.25. The van der Waals surface area contributed by atoms with Gasteiger partial charge in [-0.3, -0.25) is 0 Å². The zero-order chi connectivity index (χ0) is 17.1. The Hall–Kier alpha value is -3.13. The molecule has 2 heteroatoms. The van der Waals surface area contributed by atoms with Gasteiger partial charge in [0.15, 0.2) is 0 Å². The van der Waals surface area contributed by atoms with E-state index >= 15 is 0 Å². The standard InChI is InChI=1S/C23H19NO/c1-17-7-10-21(23-24-13-14-25-23)16-22(17)20-11-8-19(9-12-20)15-18-5-3-2-4-6-18/h2-14,16H,15H2,1H3. The van der Waals surface area contributed by atoms with Crippen LogP contribution < -0.4 is 0 Å². The lowest BCUT2D eigenvalue weighted by molar-refractivity contribution is 0.574. The van der Waals surface area contributed by atoms with Crippen LogP contribution >= 0.6 is 0 Å². The molecule has 122 valence electrons. The number of oxazole rings is 1. The predicted molar refractivity (Wildman–Crippen MR) is 101 cm³/mol. The molecule has 0 aliphatic carbocycles. The van der Waals surface area contributed by atoms with E-state index in [4.69, 9.17) is 4.42 Å². The van der Waals surface area contributed by atoms with E-state index in [1.54, 1.807) is 12.5 Å². The molecule has 0 radical (unpaired) electrons. The molecule has 0 spiro atoms. The molecule has 4 rings (SSSR count). The largest absolute Gasteiger partial charge is 0.445 e. The Balaban J connectivity index is 1.63. The highest BCUT2D eigenvalue weighted by Crippen LogP contribution is 2.29. The summed E-state index contributed by atoms with van der Waals surface area (Å²) in [7, 11) is 0. The Labute approximate surface area is 147 Å². The number of nitrogens with zero attached hydrogens (tertiary/aromatic N) is 1. The van der Waals surface area contributed by atoms with Crippen LogP contribution in [0, 0.1) is 6.92 Å². The SMILES string of the molecule is Cc1ccc(-c2ncco2)cc1-c1ccc(Cc2ccccc2)cc1. The fraction of sp³-hybridized carbons (Fsp3) is 0.0870. The number of benzene rings is 3. The fourth-order valence-corrected chi connectivity index (χ4v) is 3.07. The minimum atomic E-state index is 0.655. The van der Waals surface area contributed by atoms with Crippen molar-refractivity contribution in [3.05, 3.63) is 102 Å². The van der Waals surface area contributed by atoms with Crippen molar-refractivity contribution in [3.63, 3.8) is 0 Å². The molecule has 1 heterocycles. The van der Waals surface area contributed by atoms with Crippen LogP contribution in [0.4, 0.5) is 0 Å². The van der Waals surface area contributed by atoms with Crippen molar-refractivity contribution in [2.45, 2.75) is 13.3 Å². The van der Waals surface area contributed by atoms with Gasteiger partial charge >= 0.3 is 0 Å². The first-order valence-electron chi connectivity index (χ1n) is 8.43. The first-order chi connectivity index (χ1) is 12.3. The number of hydrogen-bond acceptors (Lipinski definition) is 2. The summed E-state index contributed by atoms with van der Waals surface area (Å²) in [6, 6.07) is 25.7. The maximum atomic E-state index is 5.42. The Bertz CT molecular complexity index is 955. The summed E-state index contributed by atoms with van der Waals surface area (Å²) in [5.74, 6) is 0.655. The zero-order valence-electron chi connectivity index (χ0n) is 14.1. The smallest absolute Gasteiger partial charge is 0.225 e. The first kappa shape index (κ1) is 15.4. The molecular weight excluding hydrogens is 306 g/mol. The van der Waals surface area contributed by atoms with E-state index in [1.165, 1.54) is 27.8 Å². The average Bonchev–Trinajstić information content (AvgIpc) is 3.19. The number of hydrogen-bond donors (Lipinski definition) is 0. The Morgan fingerprint density at radius 1 is 0.800 bits per heavy atom. The van der Waals surface area contributed by atoms with Gasteiger partial charge in [-0.05, 0) is 53.3 Å². The molecule has 1 aromatic heterocycles. The molecule has 0 N–H and O–H groups in total. The van der Waals surface area contributed by atoms with Gasteiger partial charge in [0, 0.05) is 5.56 Å². The monoisotopic (exact) mass is 325 g/mol. The van der Waals surface area contributed by atoms with Crippen molar-refractivity contribution < 1.29 is 4.42 Å². The summed E-state index contributed by atoms with van der Waals surface area (Å²) in [5, 5.41) is 0. The lowest BCUT2D eigenvalue weighted by atomic mass is 9.96. The Kier molecular flexibility index (Phi) is 4.17. The number of aromatic nitrogens is 1. The van der Waals surface area contributed by atoms with Gasteiger partial charge < -0.3 is 4.42 Å². The van der Waals surface area contributed by atoms with Crippen molar-refractivity contribution in [2.75, 3.05) is 0 Å². The fourth-order valence-electron chi connectivity index (χ4n) is 3.07. The van der Waals surface area contributed by atoms with E-state index in [9.17, 15) is 0 Å². The third kappa shape index (κ3) is 3.38. The van der Waals surface area contributed by atoms with Crippen molar-refractivity contribution in [3.8, 4) is 22.6 Å². The summed E-state index contributed by atoms with van der Waals surface area (Å²) in [6.07, 6.45) is 4.23. The third-order valence-corrected chi connectivity index (χ3v) is 4.43. The zero-order valence-corrected chi connectivity index (χ0v) is 14.1. The highest BCUT2D eigenvalue weighted by atomic mass is 16.3. The molecule has 0 saturated carbocycles.